The normalized spacial score (nSPS) is 23.4. The lowest BCUT2D eigenvalue weighted by Gasteiger charge is -2.29. The van der Waals surface area contributed by atoms with Gasteiger partial charge in [0.05, 0.1) is 45.7 Å². The molecular weight excluding hydrogens is 1590 g/mol. The third-order valence-electron chi connectivity index (χ3n) is 21.1. The summed E-state index contributed by atoms with van der Waals surface area (Å²) in [5, 5.41) is 23.2. The number of piperidine rings is 3. The summed E-state index contributed by atoms with van der Waals surface area (Å²) in [6.07, 6.45) is -8.58. The summed E-state index contributed by atoms with van der Waals surface area (Å²) in [7, 11) is -7.30. The Morgan fingerprint density at radius 2 is 0.833 bits per heavy atom. The van der Waals surface area contributed by atoms with Crippen molar-refractivity contribution in [2.24, 2.45) is 41.2 Å². The number of hydrogen-bond donors (Lipinski definition) is 5. The van der Waals surface area contributed by atoms with Gasteiger partial charge in [-0.15, -0.1) is 0 Å². The zero-order valence-corrected chi connectivity index (χ0v) is 62.3. The average molecular weight is 1670 g/mol. The van der Waals surface area contributed by atoms with Crippen LogP contribution in [-0.2, 0) is 71.6 Å². The van der Waals surface area contributed by atoms with E-state index in [0.29, 0.717) is 69.1 Å². The first-order valence-corrected chi connectivity index (χ1v) is 39.2. The lowest BCUT2D eigenvalue weighted by molar-refractivity contribution is -0.143. The van der Waals surface area contributed by atoms with E-state index in [-0.39, 0.29) is 105 Å². The van der Waals surface area contributed by atoms with Crippen molar-refractivity contribution in [1.82, 2.24) is 25.3 Å². The van der Waals surface area contributed by atoms with Crippen molar-refractivity contribution in [1.29, 1.82) is 0 Å². The van der Waals surface area contributed by atoms with Gasteiger partial charge in [-0.1, -0.05) is 12.1 Å². The number of carboxylic acids is 2. The van der Waals surface area contributed by atoms with Crippen molar-refractivity contribution in [2.45, 2.75) is 186 Å². The molecule has 0 aromatic heterocycles. The second kappa shape index (κ2) is 31.9. The van der Waals surface area contributed by atoms with Gasteiger partial charge in [-0.05, 0) is 206 Å². The standard InChI is InChI=1S/C27H25F5N2O6S.C26H23F5N2O6S.C11H10F5N.C11H17NO4/c1-40-23(35)12-41(38,39)16-4-2-3-14(7-16)26(37)34-21-8-15(21)9-22(34)25(36)33-24(13-5-6-13)17-10-20(29)18(11-19(17)28)27(30,31)32;27-18-10-17(26(29,30)31)19(28)9-16(18)23(12-4-5-12)32-24(36)21-8-14-7-20(14)33(21)25(37)13-2-1-3-15(6-13)40(38,39)11-22(34)35;12-8-4-7(11(14,15)16)9(13)3-6(8)10(17)5-1-2-5;1-11(2,3)16-10(15)12-7-4-6(7)5-8(12)9(13)14/h2-4,7,10-11,13,15,21-22,24H,5-6,8-9,12H2,1H3,(H,33,36);1-3,6,9-10,12,14,20-21,23H,4-5,7-8,11H2,(H,32,36)(H,34,35);3-5,10H,1-2,17H2;6-8H,4-5H2,1-3H3,(H,13,14)/t15-,21-,22-,24-;14-,20-,21-,23-;10-;6-,7-,8-/m1111/s1. The van der Waals surface area contributed by atoms with E-state index in [1.165, 1.54) is 45.0 Å². The molecule has 5 aromatic rings. The molecule has 618 valence electrons. The fraction of sp³-hybridized carbons (Fsp3) is 0.493. The fourth-order valence-electron chi connectivity index (χ4n) is 14.7. The monoisotopic (exact) mass is 1660 g/mol. The highest BCUT2D eigenvalue weighted by molar-refractivity contribution is 7.92. The lowest BCUT2D eigenvalue weighted by atomic mass is 9.98. The number of likely N-dealkylation sites (tertiary alicyclic amines) is 3. The molecule has 6 aliphatic carbocycles. The van der Waals surface area contributed by atoms with Gasteiger partial charge in [-0.3, -0.25) is 33.7 Å². The van der Waals surface area contributed by atoms with E-state index in [0.717, 1.165) is 44.6 Å². The molecule has 39 heteroatoms. The summed E-state index contributed by atoms with van der Waals surface area (Å²) in [6, 6.07) is 5.46. The van der Waals surface area contributed by atoms with Crippen LogP contribution in [0.3, 0.4) is 0 Å². The Morgan fingerprint density at radius 1 is 0.482 bits per heavy atom. The number of carbonyl (C=O) groups is 8. The number of nitrogens with one attached hydrogen (secondary N) is 2. The maximum Gasteiger partial charge on any atom is 0.419 e. The van der Waals surface area contributed by atoms with Crippen LogP contribution in [0.2, 0.25) is 0 Å². The average Bonchev–Trinajstić information content (AvgIpc) is 1.57. The number of benzene rings is 5. The molecular formula is C75H75F15N6O16S2. The topological polar surface area (TPSA) is 324 Å². The van der Waals surface area contributed by atoms with Crippen LogP contribution >= 0.6 is 0 Å². The number of aliphatic carboxylic acids is 2. The van der Waals surface area contributed by atoms with Crippen LogP contribution in [0.15, 0.2) is 94.7 Å². The molecule has 5 aromatic carbocycles. The molecule has 12 atom stereocenters. The van der Waals surface area contributed by atoms with E-state index in [1.54, 1.807) is 20.8 Å². The van der Waals surface area contributed by atoms with Gasteiger partial charge in [-0.25, -0.2) is 52.8 Å². The van der Waals surface area contributed by atoms with E-state index in [9.17, 15) is 121 Å². The van der Waals surface area contributed by atoms with Gasteiger partial charge in [-0.2, -0.15) is 39.5 Å². The third-order valence-corrected chi connectivity index (χ3v) is 24.3. The zero-order valence-electron chi connectivity index (χ0n) is 60.7. The Balaban J connectivity index is 0.000000162. The number of esters is 1. The number of nitrogens with two attached hydrogens (primary N) is 1. The first kappa shape index (κ1) is 85.4. The number of fused-ring (bicyclic) bond motifs is 3. The van der Waals surface area contributed by atoms with Crippen LogP contribution in [0.1, 0.15) is 170 Å². The van der Waals surface area contributed by atoms with Crippen LogP contribution in [0.4, 0.5) is 70.7 Å². The number of alkyl halides is 9. The van der Waals surface area contributed by atoms with E-state index in [1.807, 2.05) is 0 Å². The van der Waals surface area contributed by atoms with Crippen LogP contribution in [0.5, 0.6) is 0 Å². The second-order valence-corrected chi connectivity index (χ2v) is 34.7. The number of carboxylic acid groups (broad SMARTS) is 2. The molecule has 3 saturated heterocycles. The van der Waals surface area contributed by atoms with Crippen LogP contribution < -0.4 is 16.4 Å². The Bertz CT molecular complexity index is 4900. The molecule has 114 heavy (non-hydrogen) atoms. The molecule has 3 aliphatic heterocycles. The van der Waals surface area contributed by atoms with Crippen molar-refractivity contribution < 1.29 is 141 Å². The minimum atomic E-state index is -5.10. The van der Waals surface area contributed by atoms with Crippen molar-refractivity contribution in [3.05, 3.63) is 164 Å². The molecule has 0 unspecified atom stereocenters. The summed E-state index contributed by atoms with van der Waals surface area (Å²) in [6.45, 7) is 5.34. The summed E-state index contributed by atoms with van der Waals surface area (Å²) >= 11 is 0. The van der Waals surface area contributed by atoms with E-state index in [2.05, 4.69) is 15.4 Å². The van der Waals surface area contributed by atoms with Crippen LogP contribution in [0, 0.1) is 70.4 Å². The number of halogens is 15. The number of nitrogens with zero attached hydrogens (tertiary/aromatic N) is 3. The highest BCUT2D eigenvalue weighted by Gasteiger charge is 2.60. The molecule has 9 aliphatic rings. The number of amides is 5. The minimum Gasteiger partial charge on any atom is -0.480 e. The molecule has 0 spiro atoms. The second-order valence-electron chi connectivity index (χ2n) is 30.7. The maximum atomic E-state index is 14.8. The van der Waals surface area contributed by atoms with Crippen molar-refractivity contribution in [3.63, 3.8) is 0 Å². The highest BCUT2D eigenvalue weighted by Crippen LogP contribution is 2.53. The highest BCUT2D eigenvalue weighted by atomic mass is 32.2. The maximum absolute atomic E-state index is 14.8. The predicted octanol–water partition coefficient (Wildman–Crippen LogP) is 12.4. The number of methoxy groups -OCH3 is 1. The summed E-state index contributed by atoms with van der Waals surface area (Å²) in [5.41, 5.74) is -1.15. The van der Waals surface area contributed by atoms with Crippen LogP contribution in [0.25, 0.3) is 0 Å². The predicted molar refractivity (Wildman–Crippen MR) is 367 cm³/mol. The molecule has 5 amide bonds. The lowest BCUT2D eigenvalue weighted by Crippen LogP contribution is -2.49. The van der Waals surface area contributed by atoms with Gasteiger partial charge >= 0.3 is 42.5 Å². The summed E-state index contributed by atoms with van der Waals surface area (Å²) in [4.78, 5) is 102. The zero-order chi connectivity index (χ0) is 83.9. The van der Waals surface area contributed by atoms with E-state index in [4.69, 9.17) is 20.7 Å². The van der Waals surface area contributed by atoms with Gasteiger partial charge < -0.3 is 45.9 Å². The Kier molecular flexibility index (Phi) is 23.9. The number of hydrogen-bond acceptors (Lipinski definition) is 15. The van der Waals surface area contributed by atoms with Gasteiger partial charge in [0.25, 0.3) is 11.8 Å². The first-order chi connectivity index (χ1) is 53.0. The molecule has 3 heterocycles. The Labute approximate surface area is 641 Å². The minimum absolute atomic E-state index is 0.00162. The molecule has 9 fully saturated rings. The first-order valence-electron chi connectivity index (χ1n) is 35.9. The van der Waals surface area contributed by atoms with Gasteiger partial charge in [0, 0.05) is 52.0 Å². The van der Waals surface area contributed by atoms with Crippen molar-refractivity contribution in [2.75, 3.05) is 18.6 Å². The quantitative estimate of drug-likeness (QED) is 0.0379. The number of rotatable bonds is 19. The largest absolute Gasteiger partial charge is 0.480 e. The Hall–Kier alpha value is -9.53. The van der Waals surface area contributed by atoms with Gasteiger partial charge in [0.1, 0.15) is 58.6 Å². The number of ether oxygens (including phenoxy) is 2. The summed E-state index contributed by atoms with van der Waals surface area (Å²) < 4.78 is 259. The van der Waals surface area contributed by atoms with Crippen molar-refractivity contribution in [3.8, 4) is 0 Å². The number of sulfone groups is 2. The van der Waals surface area contributed by atoms with Crippen molar-refractivity contribution >= 4 is 67.3 Å². The van der Waals surface area contributed by atoms with E-state index < -0.39 is 202 Å². The van der Waals surface area contributed by atoms with Gasteiger partial charge in [0.2, 0.25) is 11.8 Å². The molecule has 6 saturated carbocycles. The SMILES string of the molecule is CC(C)(C)OC(=O)N1[C@@H](C(=O)O)C[C@H]2C[C@H]21.COC(=O)CS(=O)(=O)c1cccc(C(=O)N2[C@@H](C(=O)N[C@@H](c3cc(F)c(C(F)(F)F)cc3F)C3CC3)C[C@H]3C[C@H]32)c1.N[C@@H](c1cc(F)c(C(F)(F)F)cc1F)C1CC1.O=C(O)CS(=O)(=O)c1cccc(C(=O)N2[C@@H](C(=O)N[C@@H](c3cc(F)c(C(F)(F)F)cc3F)C3CC3)C[C@H]3C[C@H]32)c1. The molecule has 0 radical (unpaired) electrons. The van der Waals surface area contributed by atoms with E-state index >= 15 is 0 Å². The molecule has 6 N–H and O–H groups in total. The molecule has 22 nitrogen and oxygen atoms in total. The summed E-state index contributed by atoms with van der Waals surface area (Å²) in [5.74, 6) is -17.0. The fourth-order valence-corrected chi connectivity index (χ4v) is 17.0. The number of carbonyl (C=O) groups excluding carboxylic acids is 6. The Morgan fingerprint density at radius 3 is 1.18 bits per heavy atom. The van der Waals surface area contributed by atoms with Crippen LogP contribution in [-0.4, -0.2) is 150 Å². The smallest absolute Gasteiger partial charge is 0.419 e. The van der Waals surface area contributed by atoms with Gasteiger partial charge in [0.15, 0.2) is 31.2 Å². The molecule has 14 rings (SSSR count). The third kappa shape index (κ3) is 19.5. The molecule has 0 bridgehead atoms.